The van der Waals surface area contributed by atoms with Crippen LogP contribution in [0.1, 0.15) is 20.0 Å². The second kappa shape index (κ2) is 7.45. The Morgan fingerprint density at radius 1 is 1.04 bits per heavy atom. The molecule has 0 saturated heterocycles. The number of hydrogen-bond acceptors (Lipinski definition) is 3. The van der Waals surface area contributed by atoms with Gasteiger partial charge in [0.1, 0.15) is 11.6 Å². The molecule has 7 heteroatoms. The summed E-state index contributed by atoms with van der Waals surface area (Å²) in [6.45, 7) is 0. The summed E-state index contributed by atoms with van der Waals surface area (Å²) in [5.74, 6) is -2.47. The Morgan fingerprint density at radius 3 is 2.50 bits per heavy atom. The number of benzene rings is 2. The Balaban J connectivity index is 1.89. The van der Waals surface area contributed by atoms with E-state index in [1.807, 2.05) is 0 Å². The average molecular weight is 372 g/mol. The number of nitrogens with one attached hydrogen (secondary N) is 1. The molecule has 1 N–H and O–H groups in total. The molecule has 4 nitrogen and oxygen atoms in total. The highest BCUT2D eigenvalue weighted by Crippen LogP contribution is 2.24. The van der Waals surface area contributed by atoms with Crippen LogP contribution in [0.2, 0.25) is 0 Å². The van der Waals surface area contributed by atoms with Crippen LogP contribution in [0.15, 0.2) is 60.0 Å². The van der Waals surface area contributed by atoms with Crippen LogP contribution in [0.3, 0.4) is 0 Å². The average Bonchev–Trinajstić information content (AvgIpc) is 3.17. The highest BCUT2D eigenvalue weighted by Gasteiger charge is 2.20. The summed E-state index contributed by atoms with van der Waals surface area (Å²) < 4.78 is 26.8. The molecule has 0 bridgehead atoms. The molecule has 0 aliphatic rings. The Bertz CT molecular complexity index is 958. The summed E-state index contributed by atoms with van der Waals surface area (Å²) in [5, 5.41) is 4.20. The zero-order valence-corrected chi connectivity index (χ0v) is 14.5. The highest BCUT2D eigenvalue weighted by atomic mass is 32.1. The van der Waals surface area contributed by atoms with Gasteiger partial charge in [-0.05, 0) is 35.7 Å². The van der Waals surface area contributed by atoms with E-state index in [9.17, 15) is 18.4 Å². The van der Waals surface area contributed by atoms with Crippen molar-refractivity contribution < 1.29 is 18.4 Å². The largest absolute Gasteiger partial charge is 0.319 e. The number of thiophene rings is 1. The lowest BCUT2D eigenvalue weighted by Gasteiger charge is -2.20. The summed E-state index contributed by atoms with van der Waals surface area (Å²) in [7, 11) is 1.56. The predicted molar refractivity (Wildman–Crippen MR) is 97.8 cm³/mol. The number of nitrogens with zero attached hydrogens (tertiary/aromatic N) is 1. The zero-order valence-electron chi connectivity index (χ0n) is 13.7. The van der Waals surface area contributed by atoms with E-state index in [4.69, 9.17) is 0 Å². The standard InChI is InChI=1S/C19H14F2N2O2S/c1-23(19(25)17-7-4-10-26-17)16-6-3-2-5-13(16)18(24)22-15-9-8-12(20)11-14(15)21/h2-11H,1H3,(H,22,24). The van der Waals surface area contributed by atoms with Gasteiger partial charge in [0.2, 0.25) is 0 Å². The molecule has 0 aliphatic heterocycles. The fraction of sp³-hybridized carbons (Fsp3) is 0.0526. The van der Waals surface area contributed by atoms with Crippen molar-refractivity contribution in [1.82, 2.24) is 0 Å². The van der Waals surface area contributed by atoms with E-state index in [0.29, 0.717) is 16.6 Å². The number of para-hydroxylation sites is 1. The maximum atomic E-state index is 13.8. The van der Waals surface area contributed by atoms with Gasteiger partial charge in [-0.1, -0.05) is 18.2 Å². The molecule has 26 heavy (non-hydrogen) atoms. The molecule has 132 valence electrons. The van der Waals surface area contributed by atoms with Crippen LogP contribution in [-0.4, -0.2) is 18.9 Å². The lowest BCUT2D eigenvalue weighted by molar-refractivity contribution is 0.0996. The first-order valence-corrected chi connectivity index (χ1v) is 8.52. The van der Waals surface area contributed by atoms with Crippen LogP contribution >= 0.6 is 11.3 Å². The monoisotopic (exact) mass is 372 g/mol. The normalized spacial score (nSPS) is 10.4. The molecule has 0 atom stereocenters. The maximum Gasteiger partial charge on any atom is 0.268 e. The number of amides is 2. The van der Waals surface area contributed by atoms with Gasteiger partial charge in [0.05, 0.1) is 21.8 Å². The Labute approximate surface area is 152 Å². The van der Waals surface area contributed by atoms with Crippen LogP contribution in [0.5, 0.6) is 0 Å². The lowest BCUT2D eigenvalue weighted by atomic mass is 10.1. The van der Waals surface area contributed by atoms with Crippen molar-refractivity contribution in [3.05, 3.63) is 82.1 Å². The number of carbonyl (C=O) groups excluding carboxylic acids is 2. The quantitative estimate of drug-likeness (QED) is 0.730. The third kappa shape index (κ3) is 3.62. The summed E-state index contributed by atoms with van der Waals surface area (Å²) in [5.41, 5.74) is 0.438. The van der Waals surface area contributed by atoms with E-state index >= 15 is 0 Å². The molecule has 2 amide bonds. The molecule has 0 radical (unpaired) electrons. The van der Waals surface area contributed by atoms with Crippen LogP contribution < -0.4 is 10.2 Å². The van der Waals surface area contributed by atoms with Gasteiger partial charge >= 0.3 is 0 Å². The Hall–Kier alpha value is -3.06. The van der Waals surface area contributed by atoms with Crippen molar-refractivity contribution in [3.63, 3.8) is 0 Å². The SMILES string of the molecule is CN(C(=O)c1cccs1)c1ccccc1C(=O)Nc1ccc(F)cc1F. The van der Waals surface area contributed by atoms with Gasteiger partial charge < -0.3 is 10.2 Å². The number of halogens is 2. The predicted octanol–water partition coefficient (Wildman–Crippen LogP) is 4.56. The fourth-order valence-corrected chi connectivity index (χ4v) is 3.11. The molecular weight excluding hydrogens is 358 g/mol. The van der Waals surface area contributed by atoms with Gasteiger partial charge in [-0.15, -0.1) is 11.3 Å². The van der Waals surface area contributed by atoms with E-state index < -0.39 is 17.5 Å². The van der Waals surface area contributed by atoms with Crippen LogP contribution in [0, 0.1) is 11.6 Å². The Kier molecular flexibility index (Phi) is 5.09. The van der Waals surface area contributed by atoms with Crippen molar-refractivity contribution in [3.8, 4) is 0 Å². The summed E-state index contributed by atoms with van der Waals surface area (Å²) in [6, 6.07) is 12.8. The molecule has 2 aromatic carbocycles. The molecule has 3 aromatic rings. The van der Waals surface area contributed by atoms with Crippen LogP contribution in [0.25, 0.3) is 0 Å². The van der Waals surface area contributed by atoms with E-state index in [1.54, 1.807) is 42.8 Å². The second-order valence-corrected chi connectivity index (χ2v) is 6.38. The third-order valence-electron chi connectivity index (χ3n) is 3.73. The summed E-state index contributed by atoms with van der Waals surface area (Å²) in [4.78, 5) is 27.0. The lowest BCUT2D eigenvalue weighted by Crippen LogP contribution is -2.28. The molecule has 0 spiro atoms. The highest BCUT2D eigenvalue weighted by molar-refractivity contribution is 7.12. The number of anilines is 2. The molecule has 1 heterocycles. The molecule has 0 aliphatic carbocycles. The third-order valence-corrected chi connectivity index (χ3v) is 4.58. The Morgan fingerprint density at radius 2 is 1.81 bits per heavy atom. The maximum absolute atomic E-state index is 13.8. The molecule has 0 unspecified atom stereocenters. The van der Waals surface area contributed by atoms with Gasteiger partial charge in [-0.2, -0.15) is 0 Å². The van der Waals surface area contributed by atoms with Crippen molar-refractivity contribution in [2.75, 3.05) is 17.3 Å². The molecule has 1 aromatic heterocycles. The van der Waals surface area contributed by atoms with Crippen molar-refractivity contribution >= 4 is 34.5 Å². The molecule has 0 saturated carbocycles. The minimum atomic E-state index is -0.876. The minimum absolute atomic E-state index is 0.140. The number of rotatable bonds is 4. The van der Waals surface area contributed by atoms with Gasteiger partial charge in [0, 0.05) is 13.1 Å². The van der Waals surface area contributed by atoms with Crippen LogP contribution in [0.4, 0.5) is 20.2 Å². The van der Waals surface area contributed by atoms with Crippen molar-refractivity contribution in [2.45, 2.75) is 0 Å². The smallest absolute Gasteiger partial charge is 0.268 e. The van der Waals surface area contributed by atoms with Gasteiger partial charge in [-0.3, -0.25) is 9.59 Å². The summed E-state index contributed by atoms with van der Waals surface area (Å²) in [6.07, 6.45) is 0. The van der Waals surface area contributed by atoms with Crippen molar-refractivity contribution in [1.29, 1.82) is 0 Å². The van der Waals surface area contributed by atoms with Crippen LogP contribution in [-0.2, 0) is 0 Å². The molecular formula is C19H14F2N2O2S. The van der Waals surface area contributed by atoms with E-state index in [0.717, 1.165) is 12.1 Å². The van der Waals surface area contributed by atoms with E-state index in [1.165, 1.54) is 22.3 Å². The van der Waals surface area contributed by atoms with Gasteiger partial charge in [0.25, 0.3) is 11.8 Å². The van der Waals surface area contributed by atoms with E-state index in [-0.39, 0.29) is 17.2 Å². The van der Waals surface area contributed by atoms with Gasteiger partial charge in [-0.25, -0.2) is 8.78 Å². The van der Waals surface area contributed by atoms with E-state index in [2.05, 4.69) is 5.32 Å². The first-order chi connectivity index (χ1) is 12.5. The second-order valence-electron chi connectivity index (χ2n) is 5.44. The summed E-state index contributed by atoms with van der Waals surface area (Å²) >= 11 is 1.30. The first-order valence-electron chi connectivity index (χ1n) is 7.64. The zero-order chi connectivity index (χ0) is 18.7. The first kappa shape index (κ1) is 17.8. The van der Waals surface area contributed by atoms with Crippen molar-refractivity contribution in [2.24, 2.45) is 0 Å². The minimum Gasteiger partial charge on any atom is -0.319 e. The topological polar surface area (TPSA) is 49.4 Å². The fourth-order valence-electron chi connectivity index (χ4n) is 2.41. The number of carbonyl (C=O) groups is 2. The molecule has 3 rings (SSSR count). The molecule has 0 fully saturated rings. The van der Waals surface area contributed by atoms with Gasteiger partial charge in [0.15, 0.2) is 0 Å². The number of hydrogen-bond donors (Lipinski definition) is 1.